The summed E-state index contributed by atoms with van der Waals surface area (Å²) in [6.07, 6.45) is 1.85. The Labute approximate surface area is 82.1 Å². The largest absolute Gasteiger partial charge is 0.409 e. The first-order valence-corrected chi connectivity index (χ1v) is 4.44. The smallest absolute Gasteiger partial charge is 0.227 e. The van der Waals surface area contributed by atoms with Gasteiger partial charge in [-0.05, 0) is 12.8 Å². The fraction of sp³-hybridized carbons (Fsp3) is 0.750. The van der Waals surface area contributed by atoms with Crippen LogP contribution in [-0.4, -0.2) is 36.2 Å². The van der Waals surface area contributed by atoms with Gasteiger partial charge in [0.25, 0.3) is 0 Å². The van der Waals surface area contributed by atoms with Gasteiger partial charge < -0.3 is 21.0 Å². The molecule has 1 amide bonds. The number of carbonyl (C=O) groups is 1. The minimum absolute atomic E-state index is 0.0648. The summed E-state index contributed by atoms with van der Waals surface area (Å²) < 4.78 is 5.06. The van der Waals surface area contributed by atoms with E-state index in [4.69, 9.17) is 15.7 Å². The van der Waals surface area contributed by atoms with Crippen LogP contribution >= 0.6 is 0 Å². The van der Waals surface area contributed by atoms with E-state index in [0.717, 1.165) is 12.8 Å². The first-order valence-electron chi connectivity index (χ1n) is 4.44. The third-order valence-electron chi connectivity index (χ3n) is 2.26. The number of nitrogens with two attached hydrogens (primary N) is 1. The molecule has 1 aliphatic carbocycles. The van der Waals surface area contributed by atoms with Crippen molar-refractivity contribution in [1.29, 1.82) is 0 Å². The molecule has 0 radical (unpaired) electrons. The number of rotatable bonds is 4. The Bertz CT molecular complexity index is 236. The summed E-state index contributed by atoms with van der Waals surface area (Å²) in [6, 6.07) is 0.166. The van der Waals surface area contributed by atoms with Gasteiger partial charge in [0.15, 0.2) is 0 Å². The van der Waals surface area contributed by atoms with Gasteiger partial charge in [0.2, 0.25) is 5.91 Å². The average Bonchev–Trinajstić information content (AvgIpc) is 2.10. The lowest BCUT2D eigenvalue weighted by Crippen LogP contribution is -2.48. The maximum atomic E-state index is 11.2. The predicted molar refractivity (Wildman–Crippen MR) is 50.0 cm³/mol. The first-order chi connectivity index (χ1) is 6.65. The number of nitrogens with zero attached hydrogens (tertiary/aromatic N) is 1. The molecule has 1 rings (SSSR count). The normalized spacial score (nSPS) is 26.8. The summed E-state index contributed by atoms with van der Waals surface area (Å²) in [4.78, 5) is 11.2. The molecule has 6 nitrogen and oxygen atoms in total. The molecule has 0 atom stereocenters. The summed E-state index contributed by atoms with van der Waals surface area (Å²) >= 11 is 0. The number of ether oxygens (including phenoxy) is 1. The van der Waals surface area contributed by atoms with E-state index < -0.39 is 0 Å². The van der Waals surface area contributed by atoms with Crippen LogP contribution in [0.15, 0.2) is 5.16 Å². The Morgan fingerprint density at radius 1 is 1.71 bits per heavy atom. The van der Waals surface area contributed by atoms with Crippen molar-refractivity contribution in [2.24, 2.45) is 10.9 Å². The number of carbonyl (C=O) groups excluding carboxylic acids is 1. The first kappa shape index (κ1) is 10.8. The van der Waals surface area contributed by atoms with Gasteiger partial charge in [-0.25, -0.2) is 0 Å². The minimum Gasteiger partial charge on any atom is -0.409 e. The highest BCUT2D eigenvalue weighted by atomic mass is 16.5. The number of amides is 1. The Kier molecular flexibility index (Phi) is 3.70. The standard InChI is InChI=1S/C8H15N3O3/c1-14-6-2-5(3-6)10-8(12)4-7(9)11-13/h5-6,13H,2-4H2,1H3,(H2,9,11)(H,10,12). The van der Waals surface area contributed by atoms with Crippen molar-refractivity contribution in [1.82, 2.24) is 5.32 Å². The lowest BCUT2D eigenvalue weighted by atomic mass is 9.89. The number of hydrogen-bond acceptors (Lipinski definition) is 4. The van der Waals surface area contributed by atoms with Gasteiger partial charge in [0, 0.05) is 13.2 Å². The zero-order valence-corrected chi connectivity index (χ0v) is 8.06. The molecule has 0 aromatic rings. The highest BCUT2D eigenvalue weighted by Crippen LogP contribution is 2.22. The second kappa shape index (κ2) is 4.80. The van der Waals surface area contributed by atoms with Crippen LogP contribution in [0.3, 0.4) is 0 Å². The SMILES string of the molecule is COC1CC(NC(=O)CC(N)=NO)C1. The van der Waals surface area contributed by atoms with Crippen molar-refractivity contribution in [3.05, 3.63) is 0 Å². The zero-order chi connectivity index (χ0) is 10.6. The fourth-order valence-corrected chi connectivity index (χ4v) is 1.35. The van der Waals surface area contributed by atoms with Gasteiger partial charge >= 0.3 is 0 Å². The third kappa shape index (κ3) is 2.88. The van der Waals surface area contributed by atoms with Gasteiger partial charge in [-0.2, -0.15) is 0 Å². The van der Waals surface area contributed by atoms with Crippen molar-refractivity contribution in [3.8, 4) is 0 Å². The molecule has 1 saturated carbocycles. The summed E-state index contributed by atoms with van der Waals surface area (Å²) in [5, 5.41) is 13.7. The quantitative estimate of drug-likeness (QED) is 0.245. The molecule has 14 heavy (non-hydrogen) atoms. The lowest BCUT2D eigenvalue weighted by Gasteiger charge is -2.34. The van der Waals surface area contributed by atoms with Crippen LogP contribution in [0, 0.1) is 0 Å². The van der Waals surface area contributed by atoms with Gasteiger partial charge in [-0.3, -0.25) is 4.79 Å². The lowest BCUT2D eigenvalue weighted by molar-refractivity contribution is -0.122. The van der Waals surface area contributed by atoms with E-state index in [-0.39, 0.29) is 30.3 Å². The van der Waals surface area contributed by atoms with Crippen molar-refractivity contribution >= 4 is 11.7 Å². The monoisotopic (exact) mass is 201 g/mol. The van der Waals surface area contributed by atoms with Crippen LogP contribution in [0.25, 0.3) is 0 Å². The zero-order valence-electron chi connectivity index (χ0n) is 8.06. The molecule has 1 fully saturated rings. The fourth-order valence-electron chi connectivity index (χ4n) is 1.35. The molecule has 1 aliphatic rings. The number of methoxy groups -OCH3 is 1. The highest BCUT2D eigenvalue weighted by molar-refractivity contribution is 5.98. The highest BCUT2D eigenvalue weighted by Gasteiger charge is 2.29. The molecular formula is C8H15N3O3. The van der Waals surface area contributed by atoms with Crippen LogP contribution in [0.1, 0.15) is 19.3 Å². The minimum atomic E-state index is -0.222. The van der Waals surface area contributed by atoms with Crippen LogP contribution < -0.4 is 11.1 Å². The summed E-state index contributed by atoms with van der Waals surface area (Å²) in [5.74, 6) is -0.301. The van der Waals surface area contributed by atoms with Crippen LogP contribution in [0.2, 0.25) is 0 Å². The topological polar surface area (TPSA) is 96.9 Å². The molecule has 0 saturated heterocycles. The summed E-state index contributed by atoms with van der Waals surface area (Å²) in [7, 11) is 1.65. The molecule has 0 aromatic heterocycles. The van der Waals surface area contributed by atoms with Crippen molar-refractivity contribution < 1.29 is 14.7 Å². The van der Waals surface area contributed by atoms with Gasteiger partial charge in [0.1, 0.15) is 5.84 Å². The molecule has 80 valence electrons. The molecule has 0 aromatic carbocycles. The third-order valence-corrected chi connectivity index (χ3v) is 2.26. The van der Waals surface area contributed by atoms with Crippen LogP contribution in [0.5, 0.6) is 0 Å². The molecule has 0 bridgehead atoms. The van der Waals surface area contributed by atoms with E-state index in [1.54, 1.807) is 7.11 Å². The maximum Gasteiger partial charge on any atom is 0.227 e. The molecule has 6 heteroatoms. The Morgan fingerprint density at radius 2 is 2.36 bits per heavy atom. The van der Waals surface area contributed by atoms with Gasteiger partial charge in [0.05, 0.1) is 12.5 Å². The molecule has 4 N–H and O–H groups in total. The van der Waals surface area contributed by atoms with Crippen LogP contribution in [-0.2, 0) is 9.53 Å². The van der Waals surface area contributed by atoms with E-state index in [1.165, 1.54) is 0 Å². The number of oxime groups is 1. The van der Waals surface area contributed by atoms with E-state index in [0.29, 0.717) is 0 Å². The van der Waals surface area contributed by atoms with Crippen molar-refractivity contribution in [2.75, 3.05) is 7.11 Å². The molecule has 0 aliphatic heterocycles. The number of nitrogens with one attached hydrogen (secondary N) is 1. The van der Waals surface area contributed by atoms with E-state index in [9.17, 15) is 4.79 Å². The van der Waals surface area contributed by atoms with Gasteiger partial charge in [-0.1, -0.05) is 5.16 Å². The predicted octanol–water partition coefficient (Wildman–Crippen LogP) is -0.583. The maximum absolute atomic E-state index is 11.2. The second-order valence-electron chi connectivity index (χ2n) is 3.36. The van der Waals surface area contributed by atoms with E-state index in [2.05, 4.69) is 10.5 Å². The number of amidine groups is 1. The molecular weight excluding hydrogens is 186 g/mol. The Balaban J connectivity index is 2.17. The average molecular weight is 201 g/mol. The Hall–Kier alpha value is -1.30. The summed E-state index contributed by atoms with van der Waals surface area (Å²) in [6.45, 7) is 0. The molecule has 0 heterocycles. The van der Waals surface area contributed by atoms with E-state index in [1.807, 2.05) is 0 Å². The summed E-state index contributed by atoms with van der Waals surface area (Å²) in [5.41, 5.74) is 5.18. The second-order valence-corrected chi connectivity index (χ2v) is 3.36. The Morgan fingerprint density at radius 3 is 2.86 bits per heavy atom. The van der Waals surface area contributed by atoms with Crippen molar-refractivity contribution in [2.45, 2.75) is 31.4 Å². The van der Waals surface area contributed by atoms with Crippen LogP contribution in [0.4, 0.5) is 0 Å². The van der Waals surface area contributed by atoms with Crippen molar-refractivity contribution in [3.63, 3.8) is 0 Å². The number of hydrogen-bond donors (Lipinski definition) is 3. The van der Waals surface area contributed by atoms with Gasteiger partial charge in [-0.15, -0.1) is 0 Å². The molecule has 0 spiro atoms. The molecule has 0 unspecified atom stereocenters. The van der Waals surface area contributed by atoms with E-state index >= 15 is 0 Å².